The van der Waals surface area contributed by atoms with Crippen LogP contribution in [0.4, 0.5) is 0 Å². The number of carboxylic acid groups (broad SMARTS) is 1. The smallest absolute Gasteiger partial charge is 0.373 e. The number of hydrogen-bond donors (Lipinski definition) is 1. The molecule has 0 aromatic carbocycles. The Morgan fingerprint density at radius 3 is 2.77 bits per heavy atom. The lowest BCUT2D eigenvalue weighted by atomic mass is 10.1. The van der Waals surface area contributed by atoms with Crippen molar-refractivity contribution in [1.29, 1.82) is 0 Å². The van der Waals surface area contributed by atoms with Gasteiger partial charge in [0.2, 0.25) is 5.76 Å². The van der Waals surface area contributed by atoms with Crippen molar-refractivity contribution in [3.63, 3.8) is 0 Å². The quantitative estimate of drug-likeness (QED) is 0.891. The van der Waals surface area contributed by atoms with E-state index in [1.54, 1.807) is 0 Å². The van der Waals surface area contributed by atoms with E-state index in [1.807, 2.05) is 13.8 Å². The molecule has 0 aliphatic heterocycles. The van der Waals surface area contributed by atoms with Crippen molar-refractivity contribution in [2.24, 2.45) is 5.92 Å². The molecule has 0 spiro atoms. The lowest BCUT2D eigenvalue weighted by Gasteiger charge is -1.99. The second-order valence-corrected chi connectivity index (χ2v) is 3.82. The summed E-state index contributed by atoms with van der Waals surface area (Å²) in [5.41, 5.74) is 0.495. The molecule has 4 nitrogen and oxygen atoms in total. The Morgan fingerprint density at radius 1 is 1.69 bits per heavy atom. The molecule has 0 atom stereocenters. The van der Waals surface area contributed by atoms with Gasteiger partial charge in [0, 0.05) is 15.9 Å². The monoisotopic (exact) mass is 247 g/mol. The van der Waals surface area contributed by atoms with Gasteiger partial charge in [0.15, 0.2) is 0 Å². The maximum Gasteiger partial charge on any atom is 0.373 e. The van der Waals surface area contributed by atoms with Crippen LogP contribution in [0.2, 0.25) is 0 Å². The van der Waals surface area contributed by atoms with Gasteiger partial charge in [0.05, 0.1) is 5.69 Å². The number of aromatic carboxylic acids is 1. The highest BCUT2D eigenvalue weighted by atomic mass is 79.9. The van der Waals surface area contributed by atoms with Crippen LogP contribution in [0.1, 0.15) is 30.1 Å². The number of nitrogens with zero attached hydrogens (tertiary/aromatic N) is 1. The third-order valence-corrected chi connectivity index (χ3v) is 1.81. The molecule has 1 heterocycles. The van der Waals surface area contributed by atoms with E-state index in [1.165, 1.54) is 0 Å². The molecule has 0 aliphatic rings. The predicted octanol–water partition coefficient (Wildman–Crippen LogP) is 2.33. The molecule has 0 unspecified atom stereocenters. The van der Waals surface area contributed by atoms with Crippen LogP contribution in [-0.4, -0.2) is 16.1 Å². The van der Waals surface area contributed by atoms with Gasteiger partial charge >= 0.3 is 5.97 Å². The van der Waals surface area contributed by atoms with Crippen molar-refractivity contribution in [1.82, 2.24) is 4.98 Å². The number of oxazole rings is 1. The largest absolute Gasteiger partial charge is 0.475 e. The predicted molar refractivity (Wildman–Crippen MR) is 49.7 cm³/mol. The zero-order chi connectivity index (χ0) is 10.0. The van der Waals surface area contributed by atoms with Gasteiger partial charge in [-0.25, -0.2) is 9.78 Å². The summed E-state index contributed by atoms with van der Waals surface area (Å²) in [6.07, 6.45) is 0.608. The number of carbonyl (C=O) groups is 1. The Kier molecular flexibility index (Phi) is 3.08. The van der Waals surface area contributed by atoms with E-state index in [-0.39, 0.29) is 10.6 Å². The first-order valence-corrected chi connectivity index (χ1v) is 4.68. The lowest BCUT2D eigenvalue weighted by Crippen LogP contribution is -2.03. The molecule has 0 aliphatic carbocycles. The second-order valence-electron chi connectivity index (χ2n) is 3.15. The average molecular weight is 248 g/mol. The van der Waals surface area contributed by atoms with Crippen molar-refractivity contribution in [2.45, 2.75) is 20.3 Å². The minimum Gasteiger partial charge on any atom is -0.475 e. The first-order chi connectivity index (χ1) is 6.00. The van der Waals surface area contributed by atoms with E-state index >= 15 is 0 Å². The van der Waals surface area contributed by atoms with E-state index < -0.39 is 5.97 Å². The van der Waals surface area contributed by atoms with Crippen molar-refractivity contribution in [2.75, 3.05) is 0 Å². The Balaban J connectivity index is 2.97. The highest BCUT2D eigenvalue weighted by molar-refractivity contribution is 9.10. The number of carboxylic acids is 1. The molecule has 0 fully saturated rings. The Morgan fingerprint density at radius 2 is 2.31 bits per heavy atom. The van der Waals surface area contributed by atoms with Crippen LogP contribution in [0.3, 0.4) is 0 Å². The molecular weight excluding hydrogens is 238 g/mol. The molecule has 1 aromatic rings. The number of halogens is 1. The van der Waals surface area contributed by atoms with Gasteiger partial charge in [-0.05, 0) is 12.3 Å². The topological polar surface area (TPSA) is 63.3 Å². The van der Waals surface area contributed by atoms with Gasteiger partial charge in [-0.1, -0.05) is 13.8 Å². The minimum absolute atomic E-state index is 0.0689. The maximum absolute atomic E-state index is 10.7. The van der Waals surface area contributed by atoms with Crippen molar-refractivity contribution < 1.29 is 14.3 Å². The molecule has 13 heavy (non-hydrogen) atoms. The average Bonchev–Trinajstić information content (AvgIpc) is 2.29. The fraction of sp³-hybridized carbons (Fsp3) is 0.500. The van der Waals surface area contributed by atoms with Gasteiger partial charge in [-0.15, -0.1) is 0 Å². The van der Waals surface area contributed by atoms with Crippen LogP contribution in [0.5, 0.6) is 0 Å². The fourth-order valence-electron chi connectivity index (χ4n) is 1.01. The van der Waals surface area contributed by atoms with Crippen LogP contribution >= 0.6 is 15.9 Å². The zero-order valence-electron chi connectivity index (χ0n) is 7.37. The molecular formula is C8H10BrNO3. The van der Waals surface area contributed by atoms with Crippen LogP contribution in [0, 0.1) is 5.92 Å². The zero-order valence-corrected chi connectivity index (χ0v) is 8.96. The summed E-state index contributed by atoms with van der Waals surface area (Å²) in [5.74, 6) is -0.787. The molecule has 72 valence electrons. The van der Waals surface area contributed by atoms with Gasteiger partial charge in [0.25, 0.3) is 4.80 Å². The summed E-state index contributed by atoms with van der Waals surface area (Å²) in [5, 5.41) is 8.74. The van der Waals surface area contributed by atoms with Crippen molar-refractivity contribution in [3.8, 4) is 0 Å². The van der Waals surface area contributed by atoms with Crippen LogP contribution in [0.15, 0.2) is 9.22 Å². The summed E-state index contributed by atoms with van der Waals surface area (Å²) in [6, 6.07) is 0. The standard InChI is InChI=1S/C8H10BrNO3/c1-4(2)3-5-6(7(11)12)13-8(9)10-5/h4H,3H2,1-2H3,(H,11,12). The number of rotatable bonds is 3. The Bertz CT molecular complexity index is 319. The molecule has 0 bridgehead atoms. The third-order valence-electron chi connectivity index (χ3n) is 1.47. The number of aromatic nitrogens is 1. The highest BCUT2D eigenvalue weighted by Gasteiger charge is 2.18. The van der Waals surface area contributed by atoms with E-state index in [9.17, 15) is 4.79 Å². The highest BCUT2D eigenvalue weighted by Crippen LogP contribution is 2.18. The van der Waals surface area contributed by atoms with Crippen molar-refractivity contribution in [3.05, 3.63) is 16.3 Å². The van der Waals surface area contributed by atoms with Gasteiger partial charge < -0.3 is 9.52 Å². The summed E-state index contributed by atoms with van der Waals surface area (Å²) >= 11 is 3.00. The summed E-state index contributed by atoms with van der Waals surface area (Å²) in [6.45, 7) is 3.99. The Labute approximate surface area is 84.1 Å². The molecule has 0 saturated carbocycles. The minimum atomic E-state index is -1.08. The fourth-order valence-corrected chi connectivity index (χ4v) is 1.39. The maximum atomic E-state index is 10.7. The summed E-state index contributed by atoms with van der Waals surface area (Å²) in [7, 11) is 0. The summed E-state index contributed by atoms with van der Waals surface area (Å²) in [4.78, 5) is 14.8. The molecule has 1 N–H and O–H groups in total. The third kappa shape index (κ3) is 2.55. The molecule has 0 radical (unpaired) electrons. The van der Waals surface area contributed by atoms with E-state index in [2.05, 4.69) is 20.9 Å². The molecule has 1 aromatic heterocycles. The first kappa shape index (κ1) is 10.2. The molecule has 0 amide bonds. The second kappa shape index (κ2) is 3.91. The van der Waals surface area contributed by atoms with E-state index in [4.69, 9.17) is 9.52 Å². The summed E-state index contributed by atoms with van der Waals surface area (Å²) < 4.78 is 4.88. The van der Waals surface area contributed by atoms with Gasteiger partial charge in [-0.3, -0.25) is 0 Å². The van der Waals surface area contributed by atoms with Gasteiger partial charge in [-0.2, -0.15) is 0 Å². The van der Waals surface area contributed by atoms with Crippen molar-refractivity contribution >= 4 is 21.9 Å². The van der Waals surface area contributed by atoms with E-state index in [0.29, 0.717) is 18.0 Å². The van der Waals surface area contributed by atoms with Crippen LogP contribution < -0.4 is 0 Å². The lowest BCUT2D eigenvalue weighted by molar-refractivity contribution is 0.0659. The SMILES string of the molecule is CC(C)Cc1nc(Br)oc1C(=O)O. The number of hydrogen-bond acceptors (Lipinski definition) is 3. The Hall–Kier alpha value is -0.840. The molecule has 1 rings (SSSR count). The molecule has 5 heteroatoms. The first-order valence-electron chi connectivity index (χ1n) is 3.89. The van der Waals surface area contributed by atoms with Gasteiger partial charge in [0.1, 0.15) is 0 Å². The normalized spacial score (nSPS) is 10.8. The van der Waals surface area contributed by atoms with E-state index in [0.717, 1.165) is 0 Å². The van der Waals surface area contributed by atoms with Crippen LogP contribution in [-0.2, 0) is 6.42 Å². The van der Waals surface area contributed by atoms with Crippen LogP contribution in [0.25, 0.3) is 0 Å². The molecule has 0 saturated heterocycles.